The fourth-order valence-corrected chi connectivity index (χ4v) is 2.62. The van der Waals surface area contributed by atoms with Crippen molar-refractivity contribution in [2.45, 2.75) is 13.5 Å². The Morgan fingerprint density at radius 2 is 1.89 bits per heavy atom. The molecule has 2 aromatic rings. The predicted octanol–water partition coefficient (Wildman–Crippen LogP) is 2.82. The quantitative estimate of drug-likeness (QED) is 0.914. The van der Waals surface area contributed by atoms with E-state index in [9.17, 15) is 0 Å². The highest BCUT2D eigenvalue weighted by atomic mass is 16.5. The summed E-state index contributed by atoms with van der Waals surface area (Å²) in [6, 6.07) is 12.8. The van der Waals surface area contributed by atoms with Gasteiger partial charge in [-0.3, -0.25) is 4.90 Å². The largest absolute Gasteiger partial charge is 0.379 e. The molecule has 0 spiro atoms. The number of nitrogens with zero attached hydrogens (tertiary/aromatic N) is 1. The van der Waals surface area contributed by atoms with Crippen LogP contribution in [0.25, 0.3) is 11.3 Å². The number of H-pyrrole nitrogens is 1. The van der Waals surface area contributed by atoms with Gasteiger partial charge in [-0.05, 0) is 24.1 Å². The number of aromatic amines is 1. The minimum absolute atomic E-state index is 0.852. The van der Waals surface area contributed by atoms with Crippen LogP contribution >= 0.6 is 0 Å². The molecule has 2 heterocycles. The Kier molecular flexibility index (Phi) is 3.67. The van der Waals surface area contributed by atoms with Crippen LogP contribution in [0.4, 0.5) is 0 Å². The summed E-state index contributed by atoms with van der Waals surface area (Å²) in [6.07, 6.45) is 0. The summed E-state index contributed by atoms with van der Waals surface area (Å²) >= 11 is 0. The molecule has 3 nitrogen and oxygen atoms in total. The first kappa shape index (κ1) is 12.5. The van der Waals surface area contributed by atoms with Gasteiger partial charge in [-0.25, -0.2) is 0 Å². The van der Waals surface area contributed by atoms with Gasteiger partial charge in [-0.2, -0.15) is 0 Å². The summed E-state index contributed by atoms with van der Waals surface area (Å²) in [5, 5.41) is 0. The van der Waals surface area contributed by atoms with E-state index in [0.717, 1.165) is 32.8 Å². The van der Waals surface area contributed by atoms with E-state index < -0.39 is 0 Å². The molecule has 1 fully saturated rings. The lowest BCUT2D eigenvalue weighted by atomic mass is 10.1. The highest BCUT2D eigenvalue weighted by Crippen LogP contribution is 2.23. The van der Waals surface area contributed by atoms with Crippen LogP contribution in [0.1, 0.15) is 11.3 Å². The first-order chi connectivity index (χ1) is 9.33. The molecule has 1 aliphatic heterocycles. The number of hydrogen-bond donors (Lipinski definition) is 1. The Hall–Kier alpha value is -1.58. The summed E-state index contributed by atoms with van der Waals surface area (Å²) in [5.74, 6) is 0. The Morgan fingerprint density at radius 3 is 2.63 bits per heavy atom. The van der Waals surface area contributed by atoms with Crippen molar-refractivity contribution in [3.05, 3.63) is 47.7 Å². The lowest BCUT2D eigenvalue weighted by Crippen LogP contribution is -2.35. The van der Waals surface area contributed by atoms with Crippen LogP contribution in [0.3, 0.4) is 0 Å². The summed E-state index contributed by atoms with van der Waals surface area (Å²) in [6.45, 7) is 6.91. The van der Waals surface area contributed by atoms with Gasteiger partial charge >= 0.3 is 0 Å². The topological polar surface area (TPSA) is 28.3 Å². The second-order valence-corrected chi connectivity index (χ2v) is 5.11. The lowest BCUT2D eigenvalue weighted by Gasteiger charge is -2.25. The molecule has 0 saturated carbocycles. The van der Waals surface area contributed by atoms with Gasteiger partial charge in [-0.15, -0.1) is 0 Å². The maximum Gasteiger partial charge on any atom is 0.0594 e. The fourth-order valence-electron chi connectivity index (χ4n) is 2.62. The Balaban J connectivity index is 1.77. The molecule has 0 radical (unpaired) electrons. The van der Waals surface area contributed by atoms with Crippen molar-refractivity contribution < 1.29 is 4.74 Å². The van der Waals surface area contributed by atoms with Gasteiger partial charge in [0.1, 0.15) is 0 Å². The molecular weight excluding hydrogens is 236 g/mol. The minimum atomic E-state index is 0.852. The Labute approximate surface area is 114 Å². The fraction of sp³-hybridized carbons (Fsp3) is 0.375. The number of benzene rings is 1. The smallest absolute Gasteiger partial charge is 0.0594 e. The number of aromatic nitrogens is 1. The minimum Gasteiger partial charge on any atom is -0.379 e. The summed E-state index contributed by atoms with van der Waals surface area (Å²) in [7, 11) is 0. The molecule has 19 heavy (non-hydrogen) atoms. The molecule has 0 aliphatic carbocycles. The molecule has 1 N–H and O–H groups in total. The zero-order valence-electron chi connectivity index (χ0n) is 11.4. The highest BCUT2D eigenvalue weighted by Gasteiger charge is 2.13. The van der Waals surface area contributed by atoms with Gasteiger partial charge in [0.05, 0.1) is 13.2 Å². The van der Waals surface area contributed by atoms with Crippen LogP contribution in [0.5, 0.6) is 0 Å². The standard InChI is InChI=1S/C16H20N2O/c1-13-11-15(12-18-7-9-19-10-8-18)17-16(13)14-5-3-2-4-6-14/h2-6,11,17H,7-10,12H2,1H3. The van der Waals surface area contributed by atoms with Crippen molar-refractivity contribution in [3.63, 3.8) is 0 Å². The normalized spacial score (nSPS) is 16.7. The van der Waals surface area contributed by atoms with Crippen LogP contribution in [-0.2, 0) is 11.3 Å². The summed E-state index contributed by atoms with van der Waals surface area (Å²) in [4.78, 5) is 6.00. The second kappa shape index (κ2) is 5.59. The molecule has 0 amide bonds. The number of morpholine rings is 1. The van der Waals surface area contributed by atoms with Crippen molar-refractivity contribution in [1.82, 2.24) is 9.88 Å². The van der Waals surface area contributed by atoms with Gasteiger partial charge in [0.15, 0.2) is 0 Å². The maximum absolute atomic E-state index is 5.38. The lowest BCUT2D eigenvalue weighted by molar-refractivity contribution is 0.0337. The summed E-state index contributed by atoms with van der Waals surface area (Å²) < 4.78 is 5.38. The molecule has 3 rings (SSSR count). The number of ether oxygens (including phenoxy) is 1. The van der Waals surface area contributed by atoms with Crippen LogP contribution in [0, 0.1) is 6.92 Å². The molecule has 100 valence electrons. The monoisotopic (exact) mass is 256 g/mol. The molecular formula is C16H20N2O. The van der Waals surface area contributed by atoms with E-state index in [0.29, 0.717) is 0 Å². The molecule has 3 heteroatoms. The molecule has 1 saturated heterocycles. The average Bonchev–Trinajstić information content (AvgIpc) is 2.82. The molecule has 0 unspecified atom stereocenters. The van der Waals surface area contributed by atoms with Gasteiger partial charge in [0.2, 0.25) is 0 Å². The number of nitrogens with one attached hydrogen (secondary N) is 1. The molecule has 0 bridgehead atoms. The molecule has 1 aromatic carbocycles. The van der Waals surface area contributed by atoms with Gasteiger partial charge in [0, 0.05) is 31.0 Å². The average molecular weight is 256 g/mol. The van der Waals surface area contributed by atoms with Crippen LogP contribution < -0.4 is 0 Å². The van der Waals surface area contributed by atoms with E-state index in [2.05, 4.69) is 53.2 Å². The zero-order valence-corrected chi connectivity index (χ0v) is 11.4. The van der Waals surface area contributed by atoms with E-state index >= 15 is 0 Å². The van der Waals surface area contributed by atoms with E-state index in [-0.39, 0.29) is 0 Å². The number of hydrogen-bond acceptors (Lipinski definition) is 2. The van der Waals surface area contributed by atoms with E-state index in [4.69, 9.17) is 4.74 Å². The second-order valence-electron chi connectivity index (χ2n) is 5.11. The highest BCUT2D eigenvalue weighted by molar-refractivity contribution is 5.63. The SMILES string of the molecule is Cc1cc(CN2CCOCC2)[nH]c1-c1ccccc1. The van der Waals surface area contributed by atoms with Crippen LogP contribution in [0.15, 0.2) is 36.4 Å². The third-order valence-electron chi connectivity index (χ3n) is 3.63. The van der Waals surface area contributed by atoms with E-state index in [1.807, 2.05) is 0 Å². The first-order valence-electron chi connectivity index (χ1n) is 6.87. The van der Waals surface area contributed by atoms with Crippen LogP contribution in [0.2, 0.25) is 0 Å². The van der Waals surface area contributed by atoms with Gasteiger partial charge in [0.25, 0.3) is 0 Å². The molecule has 1 aliphatic rings. The van der Waals surface area contributed by atoms with Crippen molar-refractivity contribution in [1.29, 1.82) is 0 Å². The third-order valence-corrected chi connectivity index (χ3v) is 3.63. The summed E-state index contributed by atoms with van der Waals surface area (Å²) in [5.41, 5.74) is 5.10. The zero-order chi connectivity index (χ0) is 13.1. The predicted molar refractivity (Wildman–Crippen MR) is 77.1 cm³/mol. The maximum atomic E-state index is 5.38. The Bertz CT molecular complexity index is 527. The van der Waals surface area contributed by atoms with Crippen molar-refractivity contribution in [2.24, 2.45) is 0 Å². The molecule has 1 aromatic heterocycles. The first-order valence-corrected chi connectivity index (χ1v) is 6.87. The van der Waals surface area contributed by atoms with Crippen molar-refractivity contribution >= 4 is 0 Å². The van der Waals surface area contributed by atoms with Crippen LogP contribution in [-0.4, -0.2) is 36.2 Å². The number of aryl methyl sites for hydroxylation is 1. The molecule has 0 atom stereocenters. The van der Waals surface area contributed by atoms with Gasteiger partial charge in [-0.1, -0.05) is 30.3 Å². The Morgan fingerprint density at radius 1 is 1.16 bits per heavy atom. The van der Waals surface area contributed by atoms with E-state index in [1.165, 1.54) is 22.5 Å². The van der Waals surface area contributed by atoms with E-state index in [1.54, 1.807) is 0 Å². The van der Waals surface area contributed by atoms with Crippen molar-refractivity contribution in [2.75, 3.05) is 26.3 Å². The van der Waals surface area contributed by atoms with Crippen molar-refractivity contribution in [3.8, 4) is 11.3 Å². The van der Waals surface area contributed by atoms with Gasteiger partial charge < -0.3 is 9.72 Å². The third kappa shape index (κ3) is 2.88. The number of rotatable bonds is 3.